The summed E-state index contributed by atoms with van der Waals surface area (Å²) >= 11 is 0. The first kappa shape index (κ1) is 35.6. The summed E-state index contributed by atoms with van der Waals surface area (Å²) < 4.78 is 17.8. The molecular formula is C32H50N6O7. The maximum atomic E-state index is 14.2. The molecule has 3 rings (SSSR count). The molecule has 0 bridgehead atoms. The summed E-state index contributed by atoms with van der Waals surface area (Å²) in [5, 5.41) is 22.5. The van der Waals surface area contributed by atoms with Crippen LogP contribution in [-0.4, -0.2) is 95.7 Å². The molecule has 0 saturated carbocycles. The number of urea groups is 2. The molecule has 0 unspecified atom stereocenters. The molecule has 2 aromatic rings. The van der Waals surface area contributed by atoms with Gasteiger partial charge in [-0.1, -0.05) is 12.1 Å². The number of fused-ring (bicyclic) bond motifs is 1. The highest BCUT2D eigenvalue weighted by atomic mass is 16.5. The first-order chi connectivity index (χ1) is 21.3. The van der Waals surface area contributed by atoms with E-state index in [0.29, 0.717) is 35.2 Å². The zero-order valence-corrected chi connectivity index (χ0v) is 27.8. The summed E-state index contributed by atoms with van der Waals surface area (Å²) in [6, 6.07) is 3.70. The molecular weight excluding hydrogens is 580 g/mol. The number of nitrogens with zero attached hydrogens (tertiary/aromatic N) is 3. The SMILES string of the molecule is Cc1noc(C)c1NC(=O)N(C)C[C@H]1OCCCC[C@@H](C)Oc2ccc(NC(=O)NC(C)C)cc2C(=O)N([C@H](C)CO)C[C@H]1C. The largest absolute Gasteiger partial charge is 0.490 e. The summed E-state index contributed by atoms with van der Waals surface area (Å²) in [7, 11) is 1.69. The normalized spacial score (nSPS) is 20.4. The third-order valence-electron chi connectivity index (χ3n) is 7.79. The topological polar surface area (TPSA) is 158 Å². The van der Waals surface area contributed by atoms with Crippen LogP contribution >= 0.6 is 0 Å². The lowest BCUT2D eigenvalue weighted by Gasteiger charge is -2.35. The fraction of sp³-hybridized carbons (Fsp3) is 0.625. The van der Waals surface area contributed by atoms with Gasteiger partial charge in [0.25, 0.3) is 5.91 Å². The van der Waals surface area contributed by atoms with Gasteiger partial charge in [-0.2, -0.15) is 0 Å². The van der Waals surface area contributed by atoms with Gasteiger partial charge in [-0.25, -0.2) is 9.59 Å². The molecule has 250 valence electrons. The zero-order chi connectivity index (χ0) is 33.3. The molecule has 45 heavy (non-hydrogen) atoms. The summed E-state index contributed by atoms with van der Waals surface area (Å²) in [5.41, 5.74) is 1.84. The van der Waals surface area contributed by atoms with Gasteiger partial charge < -0.3 is 44.9 Å². The van der Waals surface area contributed by atoms with Crippen molar-refractivity contribution in [3.8, 4) is 5.75 Å². The molecule has 0 saturated heterocycles. The Labute approximate surface area is 266 Å². The van der Waals surface area contributed by atoms with Crippen LogP contribution in [0.4, 0.5) is 21.0 Å². The Morgan fingerprint density at radius 1 is 1.16 bits per heavy atom. The molecule has 1 aliphatic rings. The molecule has 0 radical (unpaired) electrons. The van der Waals surface area contributed by atoms with Crippen molar-refractivity contribution in [2.45, 2.75) is 92.0 Å². The Balaban J connectivity index is 1.90. The molecule has 0 aliphatic carbocycles. The fourth-order valence-corrected chi connectivity index (χ4v) is 5.11. The van der Waals surface area contributed by atoms with Crippen molar-refractivity contribution in [3.63, 3.8) is 0 Å². The smallest absolute Gasteiger partial charge is 0.321 e. The van der Waals surface area contributed by atoms with E-state index in [0.717, 1.165) is 19.3 Å². The van der Waals surface area contributed by atoms with Crippen LogP contribution in [0.1, 0.15) is 75.7 Å². The first-order valence-electron chi connectivity index (χ1n) is 15.7. The fourth-order valence-electron chi connectivity index (χ4n) is 5.11. The molecule has 13 heteroatoms. The number of ether oxygens (including phenoxy) is 2. The Kier molecular flexibility index (Phi) is 13.0. The van der Waals surface area contributed by atoms with Crippen LogP contribution in [-0.2, 0) is 4.74 Å². The number of aromatic nitrogens is 1. The number of likely N-dealkylation sites (N-methyl/N-ethyl adjacent to an activating group) is 1. The van der Waals surface area contributed by atoms with Gasteiger partial charge in [-0.15, -0.1) is 0 Å². The molecule has 1 aromatic carbocycles. The van der Waals surface area contributed by atoms with Crippen molar-refractivity contribution in [1.82, 2.24) is 20.3 Å². The molecule has 0 spiro atoms. The maximum Gasteiger partial charge on any atom is 0.321 e. The number of amides is 5. The minimum Gasteiger partial charge on any atom is -0.490 e. The molecule has 4 atom stereocenters. The monoisotopic (exact) mass is 630 g/mol. The number of carbonyl (C=O) groups is 3. The van der Waals surface area contributed by atoms with Gasteiger partial charge in [0, 0.05) is 44.4 Å². The highest BCUT2D eigenvalue weighted by Crippen LogP contribution is 2.29. The Hall–Kier alpha value is -3.84. The lowest BCUT2D eigenvalue weighted by molar-refractivity contribution is -0.0115. The molecule has 4 N–H and O–H groups in total. The van der Waals surface area contributed by atoms with Crippen LogP contribution < -0.4 is 20.7 Å². The molecule has 1 aromatic heterocycles. The van der Waals surface area contributed by atoms with Crippen molar-refractivity contribution in [2.24, 2.45) is 5.92 Å². The van der Waals surface area contributed by atoms with E-state index in [1.807, 2.05) is 27.7 Å². The summed E-state index contributed by atoms with van der Waals surface area (Å²) in [4.78, 5) is 42.9. The number of anilines is 2. The second-order valence-corrected chi connectivity index (χ2v) is 12.3. The Morgan fingerprint density at radius 3 is 2.53 bits per heavy atom. The lowest BCUT2D eigenvalue weighted by atomic mass is 10.0. The summed E-state index contributed by atoms with van der Waals surface area (Å²) in [6.45, 7) is 13.6. The highest BCUT2D eigenvalue weighted by Gasteiger charge is 2.31. The van der Waals surface area contributed by atoms with Crippen LogP contribution in [0, 0.1) is 19.8 Å². The van der Waals surface area contributed by atoms with E-state index in [2.05, 4.69) is 21.1 Å². The van der Waals surface area contributed by atoms with Crippen LogP contribution in [0.25, 0.3) is 0 Å². The zero-order valence-electron chi connectivity index (χ0n) is 27.8. The van der Waals surface area contributed by atoms with Crippen LogP contribution in [0.5, 0.6) is 5.75 Å². The number of carbonyl (C=O) groups excluding carboxylic acids is 3. The van der Waals surface area contributed by atoms with Gasteiger partial charge in [-0.3, -0.25) is 4.79 Å². The average Bonchev–Trinajstić information content (AvgIpc) is 3.30. The van der Waals surface area contributed by atoms with E-state index in [1.165, 1.54) is 0 Å². The number of hydrogen-bond acceptors (Lipinski definition) is 8. The average molecular weight is 631 g/mol. The van der Waals surface area contributed by atoms with Gasteiger partial charge in [0.1, 0.15) is 17.1 Å². The maximum absolute atomic E-state index is 14.2. The minimum atomic E-state index is -0.528. The molecule has 1 aliphatic heterocycles. The van der Waals surface area contributed by atoms with Crippen molar-refractivity contribution < 1.29 is 33.5 Å². The number of benzene rings is 1. The third kappa shape index (κ3) is 10.1. The highest BCUT2D eigenvalue weighted by molar-refractivity contribution is 5.99. The Morgan fingerprint density at radius 2 is 1.89 bits per heavy atom. The van der Waals surface area contributed by atoms with Gasteiger partial charge in [-0.05, 0) is 79.0 Å². The van der Waals surface area contributed by atoms with Gasteiger partial charge in [0.15, 0.2) is 5.76 Å². The van der Waals surface area contributed by atoms with Crippen molar-refractivity contribution in [1.29, 1.82) is 0 Å². The predicted molar refractivity (Wildman–Crippen MR) is 172 cm³/mol. The number of aliphatic hydroxyl groups excluding tert-OH is 1. The third-order valence-corrected chi connectivity index (χ3v) is 7.79. The van der Waals surface area contributed by atoms with E-state index in [4.69, 9.17) is 14.0 Å². The second-order valence-electron chi connectivity index (χ2n) is 12.3. The van der Waals surface area contributed by atoms with Crippen LogP contribution in [0.15, 0.2) is 22.7 Å². The van der Waals surface area contributed by atoms with Crippen molar-refractivity contribution in [2.75, 3.05) is 44.0 Å². The first-order valence-corrected chi connectivity index (χ1v) is 15.7. The number of aryl methyl sites for hydroxylation is 2. The van der Waals surface area contributed by atoms with Crippen molar-refractivity contribution >= 4 is 29.3 Å². The molecule has 5 amide bonds. The minimum absolute atomic E-state index is 0.0633. The number of rotatable bonds is 7. The van der Waals surface area contributed by atoms with Gasteiger partial charge >= 0.3 is 12.1 Å². The molecule has 13 nitrogen and oxygen atoms in total. The predicted octanol–water partition coefficient (Wildman–Crippen LogP) is 4.78. The van der Waals surface area contributed by atoms with E-state index in [1.54, 1.807) is 55.8 Å². The van der Waals surface area contributed by atoms with Gasteiger partial charge in [0.05, 0.1) is 30.4 Å². The van der Waals surface area contributed by atoms with E-state index in [9.17, 15) is 19.5 Å². The molecule has 0 fully saturated rings. The number of aliphatic hydroxyl groups is 1. The molecule has 2 heterocycles. The van der Waals surface area contributed by atoms with E-state index < -0.39 is 12.1 Å². The quantitative estimate of drug-likeness (QED) is 0.340. The number of hydrogen-bond donors (Lipinski definition) is 4. The second kappa shape index (κ2) is 16.5. The van der Waals surface area contributed by atoms with E-state index >= 15 is 0 Å². The van der Waals surface area contributed by atoms with Crippen LogP contribution in [0.3, 0.4) is 0 Å². The number of nitrogens with one attached hydrogen (secondary N) is 3. The van der Waals surface area contributed by atoms with E-state index in [-0.39, 0.29) is 61.3 Å². The van der Waals surface area contributed by atoms with Crippen LogP contribution in [0.2, 0.25) is 0 Å². The van der Waals surface area contributed by atoms with Crippen molar-refractivity contribution in [3.05, 3.63) is 35.2 Å². The standard InChI is InChI=1S/C32H50N6O7/c1-19(2)33-31(41)34-25-12-13-27-26(15-25)30(40)38(21(4)18-39)16-20(3)28(43-14-10-9-11-22(5)44-27)17-37(8)32(42)35-29-23(6)36-45-24(29)7/h12-13,15,19-22,28,39H,9-11,14,16-18H2,1-8H3,(H,35,42)(H2,33,34,41)/t20-,21-,22-,28-/m1/s1. The van der Waals surface area contributed by atoms with Gasteiger partial charge in [0.2, 0.25) is 0 Å². The summed E-state index contributed by atoms with van der Waals surface area (Å²) in [6.07, 6.45) is 1.79. The Bertz CT molecular complexity index is 1280. The lowest BCUT2D eigenvalue weighted by Crippen LogP contribution is -2.48. The summed E-state index contributed by atoms with van der Waals surface area (Å²) in [5.74, 6) is 0.354.